The summed E-state index contributed by atoms with van der Waals surface area (Å²) in [5.41, 5.74) is 8.06. The fraction of sp³-hybridized carbons (Fsp3) is 0.167. The molecule has 0 fully saturated rings. The number of fused-ring (bicyclic) bond motifs is 2. The van der Waals surface area contributed by atoms with E-state index in [9.17, 15) is 14.9 Å². The largest absolute Gasteiger partial charge is 0.369 e. The molecule has 2 heterocycles. The van der Waals surface area contributed by atoms with Crippen molar-refractivity contribution in [1.82, 2.24) is 9.97 Å². The smallest absolute Gasteiger partial charge is 0.258 e. The minimum atomic E-state index is -1.14. The van der Waals surface area contributed by atoms with Crippen molar-refractivity contribution in [2.24, 2.45) is 0 Å². The molecule has 0 unspecified atom stereocenters. The zero-order valence-corrected chi connectivity index (χ0v) is 17.3. The summed E-state index contributed by atoms with van der Waals surface area (Å²) in [6.45, 7) is 1.96. The molecule has 1 aliphatic heterocycles. The summed E-state index contributed by atoms with van der Waals surface area (Å²) in [5.74, 6) is -0.594. The van der Waals surface area contributed by atoms with Crippen LogP contribution < -0.4 is 16.6 Å². The van der Waals surface area contributed by atoms with Crippen LogP contribution in [0.3, 0.4) is 0 Å². The van der Waals surface area contributed by atoms with Gasteiger partial charge in [-0.3, -0.25) is 19.9 Å². The van der Waals surface area contributed by atoms with Gasteiger partial charge in [0.1, 0.15) is 11.9 Å². The van der Waals surface area contributed by atoms with Crippen LogP contribution in [0.5, 0.6) is 0 Å². The Morgan fingerprint density at radius 2 is 1.75 bits per heavy atom. The minimum Gasteiger partial charge on any atom is -0.369 e. The standard InChI is InChI=1S/C24H21N5O3/c1-13-9-11-15(12-10-13)20-21(29(31)32)18(19-22(26-20)27-24(25)28-23(19)30)17-8-4-6-14-5-2-3-7-16(14)17/h2-12,18,20-21H,1H3,(H4,25,26,27,28,30)/t18-,20+,21+/m0/s1. The lowest BCUT2D eigenvalue weighted by Crippen LogP contribution is -2.45. The lowest BCUT2D eigenvalue weighted by Gasteiger charge is -2.35. The van der Waals surface area contributed by atoms with Gasteiger partial charge in [-0.15, -0.1) is 0 Å². The molecule has 5 rings (SSSR count). The molecule has 0 saturated heterocycles. The maximum absolute atomic E-state index is 13.0. The van der Waals surface area contributed by atoms with E-state index in [1.165, 1.54) is 0 Å². The van der Waals surface area contributed by atoms with Gasteiger partial charge in [-0.25, -0.2) is 0 Å². The summed E-state index contributed by atoms with van der Waals surface area (Å²) in [6, 6.07) is 19.0. The molecule has 1 aliphatic rings. The molecule has 8 nitrogen and oxygen atoms in total. The Labute approximate surface area is 183 Å². The molecule has 4 N–H and O–H groups in total. The molecule has 3 atom stereocenters. The van der Waals surface area contributed by atoms with Crippen LogP contribution in [0.25, 0.3) is 10.8 Å². The highest BCUT2D eigenvalue weighted by atomic mass is 16.6. The number of anilines is 2. The van der Waals surface area contributed by atoms with Crippen molar-refractivity contribution in [3.63, 3.8) is 0 Å². The maximum atomic E-state index is 13.0. The van der Waals surface area contributed by atoms with Crippen LogP contribution in [0.15, 0.2) is 71.5 Å². The highest BCUT2D eigenvalue weighted by Crippen LogP contribution is 2.44. The number of aromatic nitrogens is 2. The van der Waals surface area contributed by atoms with Crippen molar-refractivity contribution < 1.29 is 4.92 Å². The molecule has 0 spiro atoms. The monoisotopic (exact) mass is 427 g/mol. The average molecular weight is 427 g/mol. The molecule has 1 aromatic heterocycles. The second-order valence-corrected chi connectivity index (χ2v) is 8.07. The molecule has 8 heteroatoms. The Morgan fingerprint density at radius 1 is 1.03 bits per heavy atom. The van der Waals surface area contributed by atoms with Gasteiger partial charge in [-0.05, 0) is 28.8 Å². The number of nitro groups is 1. The third kappa shape index (κ3) is 3.17. The summed E-state index contributed by atoms with van der Waals surface area (Å²) in [7, 11) is 0. The van der Waals surface area contributed by atoms with E-state index in [0.29, 0.717) is 5.56 Å². The average Bonchev–Trinajstić information content (AvgIpc) is 2.77. The summed E-state index contributed by atoms with van der Waals surface area (Å²) in [5, 5.41) is 17.5. The van der Waals surface area contributed by atoms with Gasteiger partial charge in [-0.1, -0.05) is 72.3 Å². The van der Waals surface area contributed by atoms with Crippen molar-refractivity contribution in [1.29, 1.82) is 0 Å². The number of hydrogen-bond donors (Lipinski definition) is 3. The quantitative estimate of drug-likeness (QED) is 0.337. The first-order valence-electron chi connectivity index (χ1n) is 10.3. The Bertz CT molecular complexity index is 1390. The van der Waals surface area contributed by atoms with E-state index < -0.39 is 23.6 Å². The summed E-state index contributed by atoms with van der Waals surface area (Å²) in [6.07, 6.45) is 0. The number of rotatable bonds is 3. The zero-order chi connectivity index (χ0) is 22.4. The van der Waals surface area contributed by atoms with Crippen molar-refractivity contribution >= 4 is 22.5 Å². The van der Waals surface area contributed by atoms with Crippen LogP contribution >= 0.6 is 0 Å². The number of H-pyrrole nitrogens is 1. The topological polar surface area (TPSA) is 127 Å². The van der Waals surface area contributed by atoms with Gasteiger partial charge in [0.2, 0.25) is 12.0 Å². The molecule has 0 aliphatic carbocycles. The van der Waals surface area contributed by atoms with Crippen LogP contribution in [-0.2, 0) is 0 Å². The summed E-state index contributed by atoms with van der Waals surface area (Å²) < 4.78 is 0. The molecule has 160 valence electrons. The van der Waals surface area contributed by atoms with E-state index in [0.717, 1.165) is 21.9 Å². The van der Waals surface area contributed by atoms with E-state index in [2.05, 4.69) is 15.3 Å². The fourth-order valence-electron chi connectivity index (χ4n) is 4.65. The Balaban J connectivity index is 1.82. The first-order valence-corrected chi connectivity index (χ1v) is 10.3. The first-order chi connectivity index (χ1) is 15.4. The predicted octanol–water partition coefficient (Wildman–Crippen LogP) is 3.76. The van der Waals surface area contributed by atoms with Gasteiger partial charge in [0.15, 0.2) is 0 Å². The van der Waals surface area contributed by atoms with Crippen molar-refractivity contribution in [2.45, 2.75) is 24.9 Å². The maximum Gasteiger partial charge on any atom is 0.258 e. The Kier molecular flexibility index (Phi) is 4.62. The zero-order valence-electron chi connectivity index (χ0n) is 17.3. The molecular weight excluding hydrogens is 406 g/mol. The van der Waals surface area contributed by atoms with Crippen molar-refractivity contribution in [3.05, 3.63) is 109 Å². The second-order valence-electron chi connectivity index (χ2n) is 8.07. The first kappa shape index (κ1) is 19.7. The number of nitrogens with two attached hydrogens (primary N) is 1. The fourth-order valence-corrected chi connectivity index (χ4v) is 4.65. The van der Waals surface area contributed by atoms with Gasteiger partial charge in [-0.2, -0.15) is 4.98 Å². The van der Waals surface area contributed by atoms with Gasteiger partial charge in [0, 0.05) is 4.92 Å². The van der Waals surface area contributed by atoms with Crippen LogP contribution in [0, 0.1) is 17.0 Å². The van der Waals surface area contributed by atoms with E-state index in [1.54, 1.807) is 0 Å². The van der Waals surface area contributed by atoms with E-state index >= 15 is 0 Å². The molecule has 4 aromatic rings. The predicted molar refractivity (Wildman–Crippen MR) is 123 cm³/mol. The molecule has 0 radical (unpaired) electrons. The second kappa shape index (κ2) is 7.49. The third-order valence-corrected chi connectivity index (χ3v) is 6.10. The Morgan fingerprint density at radius 3 is 2.50 bits per heavy atom. The molecule has 3 aromatic carbocycles. The van der Waals surface area contributed by atoms with E-state index in [1.807, 2.05) is 73.7 Å². The van der Waals surface area contributed by atoms with Crippen LogP contribution in [0.2, 0.25) is 0 Å². The van der Waals surface area contributed by atoms with Gasteiger partial charge < -0.3 is 11.1 Å². The highest BCUT2D eigenvalue weighted by Gasteiger charge is 2.49. The third-order valence-electron chi connectivity index (χ3n) is 6.10. The number of hydrogen-bond acceptors (Lipinski definition) is 6. The minimum absolute atomic E-state index is 0.0415. The van der Waals surface area contributed by atoms with Crippen LogP contribution in [0.4, 0.5) is 11.8 Å². The normalized spacial score (nSPS) is 19.8. The number of aryl methyl sites for hydroxylation is 1. The van der Waals surface area contributed by atoms with Crippen molar-refractivity contribution in [2.75, 3.05) is 11.1 Å². The van der Waals surface area contributed by atoms with Crippen molar-refractivity contribution in [3.8, 4) is 0 Å². The molecule has 0 amide bonds. The van der Waals surface area contributed by atoms with Gasteiger partial charge >= 0.3 is 0 Å². The Hall–Kier alpha value is -4.20. The molecule has 32 heavy (non-hydrogen) atoms. The van der Waals surface area contributed by atoms with Crippen LogP contribution in [0.1, 0.15) is 34.2 Å². The SMILES string of the molecule is Cc1ccc([C@H]2Nc3nc(N)[nH]c(=O)c3[C@H](c3cccc4ccccc34)[C@H]2[N+](=O)[O-])cc1. The number of nitrogens with one attached hydrogen (secondary N) is 2. The number of nitrogen functional groups attached to an aromatic ring is 1. The van der Waals surface area contributed by atoms with E-state index in [4.69, 9.17) is 5.73 Å². The van der Waals surface area contributed by atoms with Gasteiger partial charge in [0.05, 0.1) is 11.5 Å². The molecule has 0 bridgehead atoms. The number of nitrogens with zero attached hydrogens (tertiary/aromatic N) is 2. The highest BCUT2D eigenvalue weighted by molar-refractivity contribution is 5.87. The van der Waals surface area contributed by atoms with E-state index in [-0.39, 0.29) is 22.3 Å². The summed E-state index contributed by atoms with van der Waals surface area (Å²) >= 11 is 0. The summed E-state index contributed by atoms with van der Waals surface area (Å²) in [4.78, 5) is 32.1. The van der Waals surface area contributed by atoms with Crippen LogP contribution in [-0.4, -0.2) is 20.9 Å². The molecular formula is C24H21N5O3. The molecule has 0 saturated carbocycles. The lowest BCUT2D eigenvalue weighted by atomic mass is 9.76. The number of aromatic amines is 1. The lowest BCUT2D eigenvalue weighted by molar-refractivity contribution is -0.529. The van der Waals surface area contributed by atoms with Gasteiger partial charge in [0.25, 0.3) is 5.56 Å². The number of benzene rings is 3.